The molecule has 6 nitrogen and oxygen atoms in total. The summed E-state index contributed by atoms with van der Waals surface area (Å²) < 4.78 is 31.3. The zero-order valence-electron chi connectivity index (χ0n) is 16.3. The Bertz CT molecular complexity index is 1070. The number of aromatic nitrogens is 2. The van der Waals surface area contributed by atoms with E-state index in [0.717, 1.165) is 32.5 Å². The number of benzene rings is 1. The molecule has 0 spiro atoms. The number of thiazole rings is 1. The first-order valence-corrected chi connectivity index (χ1v) is 12.6. The average Bonchev–Trinajstić information content (AvgIpc) is 3.24. The summed E-state index contributed by atoms with van der Waals surface area (Å²) in [4.78, 5) is 10.8. The number of hydrogen-bond donors (Lipinski definition) is 0. The summed E-state index contributed by atoms with van der Waals surface area (Å²) in [6.07, 6.45) is 7.11. The lowest BCUT2D eigenvalue weighted by atomic mass is 10.1. The van der Waals surface area contributed by atoms with Crippen molar-refractivity contribution in [3.63, 3.8) is 0 Å². The maximum absolute atomic E-state index is 12.6. The minimum atomic E-state index is -3.50. The number of sulfone groups is 1. The zero-order valence-corrected chi connectivity index (χ0v) is 18.7. The Balaban J connectivity index is 1.34. The van der Waals surface area contributed by atoms with E-state index in [9.17, 15) is 8.42 Å². The predicted octanol–water partition coefficient (Wildman–Crippen LogP) is 4.21. The Kier molecular flexibility index (Phi) is 6.67. The molecule has 0 N–H and O–H groups in total. The van der Waals surface area contributed by atoms with Crippen LogP contribution in [0.25, 0.3) is 0 Å². The minimum absolute atomic E-state index is 0.0606. The van der Waals surface area contributed by atoms with Gasteiger partial charge in [-0.15, -0.1) is 11.3 Å². The number of piperidine rings is 1. The van der Waals surface area contributed by atoms with E-state index in [1.807, 2.05) is 12.3 Å². The maximum atomic E-state index is 12.6. The van der Waals surface area contributed by atoms with Gasteiger partial charge in [-0.1, -0.05) is 17.7 Å². The lowest BCUT2D eigenvalue weighted by molar-refractivity contribution is 0.0968. The summed E-state index contributed by atoms with van der Waals surface area (Å²) in [5.74, 6) is 0.395. The second-order valence-corrected chi connectivity index (χ2v) is 10.6. The standard InChI is InChI=1S/C21H22ClN3O3S2/c22-19-12-18(30(26,27)15-21-24-8-11-29-21)3-4-20(19)28-17-5-9-25(10-6-17)14-16-2-1-7-23-13-16/h1-4,7-8,11-13,17H,5-6,9-10,14-15H2. The molecule has 0 unspecified atom stereocenters. The van der Waals surface area contributed by atoms with Crippen LogP contribution in [0.2, 0.25) is 5.02 Å². The van der Waals surface area contributed by atoms with Gasteiger partial charge in [0.1, 0.15) is 22.6 Å². The number of hydrogen-bond acceptors (Lipinski definition) is 7. The highest BCUT2D eigenvalue weighted by Gasteiger charge is 2.23. The highest BCUT2D eigenvalue weighted by molar-refractivity contribution is 7.90. The van der Waals surface area contributed by atoms with Crippen LogP contribution in [-0.2, 0) is 22.1 Å². The molecule has 1 aliphatic heterocycles. The van der Waals surface area contributed by atoms with E-state index in [1.54, 1.807) is 29.9 Å². The molecule has 4 rings (SSSR count). The van der Waals surface area contributed by atoms with Gasteiger partial charge in [-0.2, -0.15) is 0 Å². The molecule has 3 aromatic rings. The highest BCUT2D eigenvalue weighted by atomic mass is 35.5. The summed E-state index contributed by atoms with van der Waals surface area (Å²) in [5, 5.41) is 2.63. The van der Waals surface area contributed by atoms with Crippen molar-refractivity contribution in [2.45, 2.75) is 36.1 Å². The topological polar surface area (TPSA) is 72.4 Å². The van der Waals surface area contributed by atoms with Gasteiger partial charge in [-0.25, -0.2) is 13.4 Å². The van der Waals surface area contributed by atoms with E-state index >= 15 is 0 Å². The monoisotopic (exact) mass is 463 g/mol. The number of likely N-dealkylation sites (tertiary alicyclic amines) is 1. The van der Waals surface area contributed by atoms with Gasteiger partial charge >= 0.3 is 0 Å². The van der Waals surface area contributed by atoms with Crippen LogP contribution in [0.5, 0.6) is 5.75 Å². The quantitative estimate of drug-likeness (QED) is 0.522. The summed E-state index contributed by atoms with van der Waals surface area (Å²) in [7, 11) is -3.50. The van der Waals surface area contributed by atoms with Gasteiger partial charge in [0.25, 0.3) is 0 Å². The van der Waals surface area contributed by atoms with Gasteiger partial charge in [0.15, 0.2) is 9.84 Å². The summed E-state index contributed by atoms with van der Waals surface area (Å²) in [5.41, 5.74) is 1.20. The Morgan fingerprint density at radius 2 is 2.03 bits per heavy atom. The Morgan fingerprint density at radius 3 is 2.70 bits per heavy atom. The zero-order chi connectivity index (χ0) is 21.0. The molecule has 1 fully saturated rings. The van der Waals surface area contributed by atoms with Crippen molar-refractivity contribution < 1.29 is 13.2 Å². The molecule has 9 heteroatoms. The fourth-order valence-corrected chi connectivity index (χ4v) is 6.02. The second-order valence-electron chi connectivity index (χ2n) is 7.23. The van der Waals surface area contributed by atoms with Crippen LogP contribution < -0.4 is 4.74 Å². The number of pyridine rings is 1. The third kappa shape index (κ3) is 5.37. The van der Waals surface area contributed by atoms with Crippen molar-refractivity contribution in [2.24, 2.45) is 0 Å². The molecule has 1 aliphatic rings. The van der Waals surface area contributed by atoms with Crippen LogP contribution in [-0.4, -0.2) is 42.5 Å². The minimum Gasteiger partial charge on any atom is -0.489 e. The van der Waals surface area contributed by atoms with Crippen molar-refractivity contribution in [2.75, 3.05) is 13.1 Å². The van der Waals surface area contributed by atoms with E-state index in [-0.39, 0.29) is 16.8 Å². The van der Waals surface area contributed by atoms with Crippen LogP contribution in [0, 0.1) is 0 Å². The molecule has 0 amide bonds. The largest absolute Gasteiger partial charge is 0.489 e. The van der Waals surface area contributed by atoms with E-state index in [2.05, 4.69) is 20.9 Å². The van der Waals surface area contributed by atoms with Crippen molar-refractivity contribution in [3.8, 4) is 5.75 Å². The highest BCUT2D eigenvalue weighted by Crippen LogP contribution is 2.31. The number of halogens is 1. The molecule has 0 atom stereocenters. The van der Waals surface area contributed by atoms with E-state index in [1.165, 1.54) is 23.0 Å². The Hall–Kier alpha value is -2.00. The SMILES string of the molecule is O=S(=O)(Cc1nccs1)c1ccc(OC2CCN(Cc3cccnc3)CC2)c(Cl)c1. The van der Waals surface area contributed by atoms with Crippen molar-refractivity contribution in [1.29, 1.82) is 0 Å². The lowest BCUT2D eigenvalue weighted by Crippen LogP contribution is -2.37. The number of ether oxygens (including phenoxy) is 1. The smallest absolute Gasteiger partial charge is 0.184 e. The molecule has 158 valence electrons. The predicted molar refractivity (Wildman–Crippen MR) is 118 cm³/mol. The summed E-state index contributed by atoms with van der Waals surface area (Å²) >= 11 is 7.67. The van der Waals surface area contributed by atoms with Gasteiger partial charge in [-0.3, -0.25) is 9.88 Å². The molecule has 30 heavy (non-hydrogen) atoms. The first-order valence-electron chi connectivity index (χ1n) is 9.68. The molecule has 1 aromatic carbocycles. The van der Waals surface area contributed by atoms with Crippen LogP contribution in [0.3, 0.4) is 0 Å². The first kappa shape index (κ1) is 21.2. The summed E-state index contributed by atoms with van der Waals surface area (Å²) in [6.45, 7) is 2.74. The summed E-state index contributed by atoms with van der Waals surface area (Å²) in [6, 6.07) is 8.71. The van der Waals surface area contributed by atoms with E-state index < -0.39 is 9.84 Å². The molecule has 0 radical (unpaired) electrons. The number of rotatable bonds is 7. The van der Waals surface area contributed by atoms with Crippen LogP contribution in [0.4, 0.5) is 0 Å². The van der Waals surface area contributed by atoms with Gasteiger partial charge in [-0.05, 0) is 42.7 Å². The van der Waals surface area contributed by atoms with Crippen LogP contribution in [0.15, 0.2) is 59.2 Å². The van der Waals surface area contributed by atoms with Gasteiger partial charge in [0.05, 0.1) is 9.92 Å². The Morgan fingerprint density at radius 1 is 1.20 bits per heavy atom. The third-order valence-electron chi connectivity index (χ3n) is 5.02. The van der Waals surface area contributed by atoms with Gasteiger partial charge in [0, 0.05) is 43.6 Å². The maximum Gasteiger partial charge on any atom is 0.184 e. The Labute approximate surface area is 185 Å². The van der Waals surface area contributed by atoms with Crippen molar-refractivity contribution in [1.82, 2.24) is 14.9 Å². The molecule has 0 saturated carbocycles. The van der Waals surface area contributed by atoms with Crippen molar-refractivity contribution in [3.05, 3.63) is 69.9 Å². The molecule has 3 heterocycles. The molecule has 2 aromatic heterocycles. The van der Waals surface area contributed by atoms with Gasteiger partial charge < -0.3 is 4.74 Å². The molecule has 1 saturated heterocycles. The van der Waals surface area contributed by atoms with Crippen molar-refractivity contribution >= 4 is 32.8 Å². The molecular weight excluding hydrogens is 442 g/mol. The fourth-order valence-electron chi connectivity index (χ4n) is 3.46. The lowest BCUT2D eigenvalue weighted by Gasteiger charge is -2.32. The normalized spacial score (nSPS) is 15.9. The van der Waals surface area contributed by atoms with Crippen LogP contribution >= 0.6 is 22.9 Å². The number of nitrogens with zero attached hydrogens (tertiary/aromatic N) is 3. The molecule has 0 aliphatic carbocycles. The average molecular weight is 464 g/mol. The third-order valence-corrected chi connectivity index (χ3v) is 7.90. The fraction of sp³-hybridized carbons (Fsp3) is 0.333. The van der Waals surface area contributed by atoms with Gasteiger partial charge in [0.2, 0.25) is 0 Å². The van der Waals surface area contributed by atoms with Crippen LogP contribution in [0.1, 0.15) is 23.4 Å². The molecular formula is C21H22ClN3O3S2. The first-order chi connectivity index (χ1) is 14.5. The van der Waals surface area contributed by atoms with E-state index in [4.69, 9.17) is 16.3 Å². The second kappa shape index (κ2) is 9.43. The van der Waals surface area contributed by atoms with E-state index in [0.29, 0.717) is 15.8 Å². The molecule has 0 bridgehead atoms.